The Balaban J connectivity index is 2.10. The van der Waals surface area contributed by atoms with E-state index in [0.29, 0.717) is 5.82 Å². The first-order valence-corrected chi connectivity index (χ1v) is 4.76. The van der Waals surface area contributed by atoms with Crippen molar-refractivity contribution < 1.29 is 0 Å². The number of hydrogen-bond donors (Lipinski definition) is 1. The van der Waals surface area contributed by atoms with Gasteiger partial charge in [-0.3, -0.25) is 0 Å². The van der Waals surface area contributed by atoms with E-state index in [0.717, 1.165) is 23.5 Å². The molecule has 2 aromatic rings. The first-order chi connectivity index (χ1) is 6.84. The Kier molecular flexibility index (Phi) is 1.47. The fraction of sp³-hybridized carbons (Fsp3) is 0.444. The summed E-state index contributed by atoms with van der Waals surface area (Å²) in [5.41, 5.74) is 6.56. The second-order valence-electron chi connectivity index (χ2n) is 3.77. The Morgan fingerprint density at radius 2 is 2.29 bits per heavy atom. The Labute approximate surface area is 81.0 Å². The molecule has 0 aliphatic heterocycles. The predicted molar refractivity (Wildman–Crippen MR) is 52.5 cm³/mol. The summed E-state index contributed by atoms with van der Waals surface area (Å²) in [5, 5.41) is 5.13. The summed E-state index contributed by atoms with van der Waals surface area (Å²) in [6.07, 6.45) is 5.85. The molecule has 0 atom stereocenters. The van der Waals surface area contributed by atoms with E-state index in [1.54, 1.807) is 6.20 Å². The zero-order valence-electron chi connectivity index (χ0n) is 7.72. The number of rotatable bonds is 2. The first kappa shape index (κ1) is 7.73. The van der Waals surface area contributed by atoms with E-state index < -0.39 is 0 Å². The van der Waals surface area contributed by atoms with Gasteiger partial charge >= 0.3 is 0 Å². The zero-order chi connectivity index (χ0) is 9.54. The summed E-state index contributed by atoms with van der Waals surface area (Å²) in [4.78, 5) is 8.12. The van der Waals surface area contributed by atoms with Crippen LogP contribution in [0.3, 0.4) is 0 Å². The van der Waals surface area contributed by atoms with Gasteiger partial charge in [0.15, 0.2) is 5.65 Å². The molecule has 0 amide bonds. The highest BCUT2D eigenvalue weighted by Crippen LogP contribution is 2.31. The topological polar surface area (TPSA) is 69.6 Å². The molecule has 5 heteroatoms. The minimum Gasteiger partial charge on any atom is -0.383 e. The van der Waals surface area contributed by atoms with Crippen LogP contribution < -0.4 is 5.73 Å². The molecule has 2 heterocycles. The van der Waals surface area contributed by atoms with Crippen molar-refractivity contribution in [1.82, 2.24) is 19.7 Å². The van der Waals surface area contributed by atoms with Crippen LogP contribution in [0.2, 0.25) is 0 Å². The van der Waals surface area contributed by atoms with Crippen molar-refractivity contribution in [2.45, 2.75) is 19.4 Å². The first-order valence-electron chi connectivity index (χ1n) is 4.76. The predicted octanol–water partition coefficient (Wildman–Crippen LogP) is 0.818. The minimum absolute atomic E-state index is 0.511. The maximum absolute atomic E-state index is 5.71. The van der Waals surface area contributed by atoms with Crippen LogP contribution >= 0.6 is 0 Å². The van der Waals surface area contributed by atoms with Crippen molar-refractivity contribution in [2.24, 2.45) is 5.92 Å². The fourth-order valence-corrected chi connectivity index (χ4v) is 1.59. The molecule has 1 saturated carbocycles. The second-order valence-corrected chi connectivity index (χ2v) is 3.77. The summed E-state index contributed by atoms with van der Waals surface area (Å²) in [6, 6.07) is 0. The molecule has 0 unspecified atom stereocenters. The molecule has 2 N–H and O–H groups in total. The molecule has 0 aromatic carbocycles. The normalized spacial score (nSPS) is 16.3. The highest BCUT2D eigenvalue weighted by Gasteiger charge is 2.23. The Morgan fingerprint density at radius 3 is 3.07 bits per heavy atom. The quantitative estimate of drug-likeness (QED) is 0.759. The number of anilines is 1. The highest BCUT2D eigenvalue weighted by molar-refractivity contribution is 5.84. The average molecular weight is 189 g/mol. The molecule has 1 aliphatic rings. The minimum atomic E-state index is 0.511. The van der Waals surface area contributed by atoms with Gasteiger partial charge in [0, 0.05) is 6.54 Å². The van der Waals surface area contributed by atoms with E-state index >= 15 is 0 Å². The van der Waals surface area contributed by atoms with Gasteiger partial charge in [-0.05, 0) is 18.8 Å². The summed E-state index contributed by atoms with van der Waals surface area (Å²) in [5.74, 6) is 1.30. The lowest BCUT2D eigenvalue weighted by Crippen LogP contribution is -2.03. The van der Waals surface area contributed by atoms with E-state index in [9.17, 15) is 0 Å². The van der Waals surface area contributed by atoms with Crippen molar-refractivity contribution in [1.29, 1.82) is 0 Å². The fourth-order valence-electron chi connectivity index (χ4n) is 1.59. The van der Waals surface area contributed by atoms with Crippen molar-refractivity contribution >= 4 is 16.9 Å². The standard InChI is InChI=1S/C9H11N5/c10-8-7-3-13-14(4-6-1-2-6)9(7)12-5-11-8/h3,5-6H,1-2,4H2,(H2,10,11,12). The van der Waals surface area contributed by atoms with E-state index in [-0.39, 0.29) is 0 Å². The monoisotopic (exact) mass is 189 g/mol. The van der Waals surface area contributed by atoms with E-state index in [1.165, 1.54) is 19.2 Å². The number of hydrogen-bond acceptors (Lipinski definition) is 4. The lowest BCUT2D eigenvalue weighted by Gasteiger charge is -2.00. The van der Waals surface area contributed by atoms with E-state index in [4.69, 9.17) is 5.73 Å². The molecular formula is C9H11N5. The smallest absolute Gasteiger partial charge is 0.163 e. The molecule has 5 nitrogen and oxygen atoms in total. The third-order valence-electron chi connectivity index (χ3n) is 2.59. The van der Waals surface area contributed by atoms with E-state index in [2.05, 4.69) is 15.1 Å². The summed E-state index contributed by atoms with van der Waals surface area (Å²) >= 11 is 0. The number of nitrogens with zero attached hydrogens (tertiary/aromatic N) is 4. The van der Waals surface area contributed by atoms with E-state index in [1.807, 2.05) is 4.68 Å². The van der Waals surface area contributed by atoms with Gasteiger partial charge in [0.25, 0.3) is 0 Å². The molecule has 2 aromatic heterocycles. The van der Waals surface area contributed by atoms with Crippen LogP contribution in [0.5, 0.6) is 0 Å². The molecule has 72 valence electrons. The lowest BCUT2D eigenvalue weighted by molar-refractivity contribution is 0.576. The number of fused-ring (bicyclic) bond motifs is 1. The SMILES string of the molecule is Nc1ncnc2c1cnn2CC1CC1. The van der Waals surface area contributed by atoms with Crippen LogP contribution in [0.1, 0.15) is 12.8 Å². The molecule has 14 heavy (non-hydrogen) atoms. The van der Waals surface area contributed by atoms with Crippen molar-refractivity contribution in [2.75, 3.05) is 5.73 Å². The zero-order valence-corrected chi connectivity index (χ0v) is 7.72. The average Bonchev–Trinajstić information content (AvgIpc) is 2.88. The van der Waals surface area contributed by atoms with Crippen molar-refractivity contribution in [3.63, 3.8) is 0 Å². The maximum Gasteiger partial charge on any atom is 0.163 e. The summed E-state index contributed by atoms with van der Waals surface area (Å²) < 4.78 is 1.92. The third kappa shape index (κ3) is 1.13. The van der Waals surface area contributed by atoms with Gasteiger partial charge in [-0.15, -0.1) is 0 Å². The van der Waals surface area contributed by atoms with Crippen molar-refractivity contribution in [3.8, 4) is 0 Å². The molecule has 0 saturated heterocycles. The van der Waals surface area contributed by atoms with Crippen LogP contribution in [0.25, 0.3) is 11.0 Å². The van der Waals surface area contributed by atoms with Crippen LogP contribution in [-0.2, 0) is 6.54 Å². The number of nitrogens with two attached hydrogens (primary N) is 1. The molecule has 0 radical (unpaired) electrons. The molecule has 0 spiro atoms. The van der Waals surface area contributed by atoms with Crippen molar-refractivity contribution in [3.05, 3.63) is 12.5 Å². The third-order valence-corrected chi connectivity index (χ3v) is 2.59. The molecule has 0 bridgehead atoms. The molecule has 1 fully saturated rings. The van der Waals surface area contributed by atoms with Gasteiger partial charge in [-0.25, -0.2) is 14.6 Å². The molecular weight excluding hydrogens is 178 g/mol. The molecule has 3 rings (SSSR count). The van der Waals surface area contributed by atoms with Gasteiger partial charge in [-0.1, -0.05) is 0 Å². The van der Waals surface area contributed by atoms with Gasteiger partial charge in [0.05, 0.1) is 11.6 Å². The summed E-state index contributed by atoms with van der Waals surface area (Å²) in [6.45, 7) is 0.958. The maximum atomic E-state index is 5.71. The number of aromatic nitrogens is 4. The largest absolute Gasteiger partial charge is 0.383 e. The van der Waals surface area contributed by atoms with Gasteiger partial charge in [-0.2, -0.15) is 5.10 Å². The van der Waals surface area contributed by atoms with Gasteiger partial charge in [0.2, 0.25) is 0 Å². The Hall–Kier alpha value is -1.65. The second kappa shape index (κ2) is 2.67. The van der Waals surface area contributed by atoms with Crippen LogP contribution in [0.15, 0.2) is 12.5 Å². The van der Waals surface area contributed by atoms with Gasteiger partial charge < -0.3 is 5.73 Å². The Morgan fingerprint density at radius 1 is 1.43 bits per heavy atom. The van der Waals surface area contributed by atoms with Crippen LogP contribution in [0, 0.1) is 5.92 Å². The van der Waals surface area contributed by atoms with Gasteiger partial charge in [0.1, 0.15) is 12.1 Å². The van der Waals surface area contributed by atoms with Crippen LogP contribution in [0.4, 0.5) is 5.82 Å². The Bertz CT molecular complexity index is 471. The molecule has 1 aliphatic carbocycles. The summed E-state index contributed by atoms with van der Waals surface area (Å²) in [7, 11) is 0. The highest BCUT2D eigenvalue weighted by atomic mass is 15.3. The lowest BCUT2D eigenvalue weighted by atomic mass is 10.4. The number of nitrogen functional groups attached to an aromatic ring is 1. The van der Waals surface area contributed by atoms with Crippen LogP contribution in [-0.4, -0.2) is 19.7 Å².